The molecule has 0 aromatic carbocycles. The molecule has 0 aliphatic heterocycles. The van der Waals surface area contributed by atoms with Gasteiger partial charge in [0.1, 0.15) is 0 Å². The van der Waals surface area contributed by atoms with Crippen molar-refractivity contribution in [2.45, 2.75) is 6.42 Å². The topological polar surface area (TPSA) is 33.1 Å². The molecule has 1 aromatic heterocycles. The van der Waals surface area contributed by atoms with Crippen LogP contribution in [0.1, 0.15) is 5.69 Å². The molecule has 3 heteroatoms. The molecule has 0 radical (unpaired) electrons. The predicted octanol–water partition coefficient (Wildman–Crippen LogP) is 1.51. The van der Waals surface area contributed by atoms with E-state index in [1.165, 1.54) is 0 Å². The smallest absolute Gasteiger partial charge is 0.162 e. The molecule has 0 spiro atoms. The first-order valence-corrected chi connectivity index (χ1v) is 3.31. The summed E-state index contributed by atoms with van der Waals surface area (Å²) in [6, 6.07) is 5.51. The Kier molecular flexibility index (Phi) is 2.34. The SMILES string of the molecule is OC(=S)Cc1ccccn1. The highest BCUT2D eigenvalue weighted by Gasteiger charge is 1.94. The van der Waals surface area contributed by atoms with Crippen LogP contribution >= 0.6 is 12.2 Å². The van der Waals surface area contributed by atoms with Crippen molar-refractivity contribution in [3.8, 4) is 0 Å². The lowest BCUT2D eigenvalue weighted by Gasteiger charge is -1.93. The number of thiocarbonyl (C=S) groups is 1. The summed E-state index contributed by atoms with van der Waals surface area (Å²) in [5.41, 5.74) is 0.801. The van der Waals surface area contributed by atoms with Gasteiger partial charge >= 0.3 is 0 Å². The number of aromatic nitrogens is 1. The van der Waals surface area contributed by atoms with Crippen molar-refractivity contribution in [3.63, 3.8) is 0 Å². The van der Waals surface area contributed by atoms with E-state index < -0.39 is 0 Å². The van der Waals surface area contributed by atoms with Gasteiger partial charge in [-0.05, 0) is 24.4 Å². The van der Waals surface area contributed by atoms with Crippen LogP contribution in [0.4, 0.5) is 0 Å². The van der Waals surface area contributed by atoms with E-state index in [2.05, 4.69) is 17.2 Å². The van der Waals surface area contributed by atoms with E-state index in [9.17, 15) is 0 Å². The van der Waals surface area contributed by atoms with E-state index in [1.807, 2.05) is 18.2 Å². The zero-order valence-corrected chi connectivity index (χ0v) is 6.14. The molecule has 0 aliphatic carbocycles. The number of pyridine rings is 1. The molecule has 2 nitrogen and oxygen atoms in total. The van der Waals surface area contributed by atoms with Crippen molar-refractivity contribution in [2.24, 2.45) is 0 Å². The highest BCUT2D eigenvalue weighted by Crippen LogP contribution is 1.94. The lowest BCUT2D eigenvalue weighted by atomic mass is 10.3. The number of hydrogen-bond acceptors (Lipinski definition) is 2. The number of hydrogen-bond donors (Lipinski definition) is 1. The monoisotopic (exact) mass is 153 g/mol. The van der Waals surface area contributed by atoms with E-state index in [4.69, 9.17) is 5.11 Å². The third-order valence-corrected chi connectivity index (χ3v) is 1.20. The predicted molar refractivity (Wildman–Crippen MR) is 43.2 cm³/mol. The highest BCUT2D eigenvalue weighted by molar-refractivity contribution is 7.80. The van der Waals surface area contributed by atoms with Gasteiger partial charge in [0.2, 0.25) is 0 Å². The molecule has 0 amide bonds. The molecule has 1 aromatic rings. The van der Waals surface area contributed by atoms with Crippen molar-refractivity contribution >= 4 is 17.3 Å². The first kappa shape index (κ1) is 7.15. The Bertz CT molecular complexity index is 222. The van der Waals surface area contributed by atoms with E-state index in [0.29, 0.717) is 6.42 Å². The molecule has 1 N–H and O–H groups in total. The summed E-state index contributed by atoms with van der Waals surface area (Å²) in [7, 11) is 0. The van der Waals surface area contributed by atoms with Crippen LogP contribution in [0.15, 0.2) is 24.4 Å². The number of aliphatic hydroxyl groups is 1. The third kappa shape index (κ3) is 2.11. The van der Waals surface area contributed by atoms with Crippen LogP contribution in [-0.4, -0.2) is 15.1 Å². The maximum Gasteiger partial charge on any atom is 0.162 e. The van der Waals surface area contributed by atoms with Gasteiger partial charge in [-0.25, -0.2) is 0 Å². The Morgan fingerprint density at radius 1 is 1.60 bits per heavy atom. The summed E-state index contributed by atoms with van der Waals surface area (Å²) in [4.78, 5) is 3.97. The Hall–Kier alpha value is -0.960. The molecule has 0 saturated carbocycles. The van der Waals surface area contributed by atoms with Crippen LogP contribution in [0.5, 0.6) is 0 Å². The van der Waals surface area contributed by atoms with Crippen molar-refractivity contribution in [3.05, 3.63) is 30.1 Å². The van der Waals surface area contributed by atoms with Crippen molar-refractivity contribution in [1.82, 2.24) is 4.98 Å². The number of aliphatic hydroxyl groups excluding tert-OH is 1. The summed E-state index contributed by atoms with van der Waals surface area (Å²) < 4.78 is 0. The minimum Gasteiger partial charge on any atom is -0.502 e. The quantitative estimate of drug-likeness (QED) is 0.654. The Morgan fingerprint density at radius 2 is 2.40 bits per heavy atom. The average Bonchev–Trinajstić information content (AvgIpc) is 1.88. The Labute approximate surface area is 64.5 Å². The Morgan fingerprint density at radius 3 is 2.90 bits per heavy atom. The third-order valence-electron chi connectivity index (χ3n) is 1.06. The van der Waals surface area contributed by atoms with E-state index in [1.54, 1.807) is 6.20 Å². The molecule has 10 heavy (non-hydrogen) atoms. The normalized spacial score (nSPS) is 9.20. The van der Waals surface area contributed by atoms with Gasteiger partial charge in [0, 0.05) is 11.9 Å². The van der Waals surface area contributed by atoms with Crippen LogP contribution in [0.25, 0.3) is 0 Å². The van der Waals surface area contributed by atoms with E-state index in [-0.39, 0.29) is 5.05 Å². The number of rotatable bonds is 2. The van der Waals surface area contributed by atoms with Gasteiger partial charge in [-0.2, -0.15) is 0 Å². The first-order valence-electron chi connectivity index (χ1n) is 2.91. The van der Waals surface area contributed by atoms with Crippen molar-refractivity contribution in [1.29, 1.82) is 0 Å². The van der Waals surface area contributed by atoms with Gasteiger partial charge < -0.3 is 5.11 Å². The second-order valence-corrected chi connectivity index (χ2v) is 2.36. The summed E-state index contributed by atoms with van der Waals surface area (Å²) in [5.74, 6) is 0. The molecule has 0 atom stereocenters. The van der Waals surface area contributed by atoms with Gasteiger partial charge in [-0.3, -0.25) is 4.98 Å². The lowest BCUT2D eigenvalue weighted by Crippen LogP contribution is -1.98. The second-order valence-electron chi connectivity index (χ2n) is 1.89. The van der Waals surface area contributed by atoms with Gasteiger partial charge in [0.05, 0.1) is 6.42 Å². The fourth-order valence-electron chi connectivity index (χ4n) is 0.658. The van der Waals surface area contributed by atoms with Crippen molar-refractivity contribution < 1.29 is 5.11 Å². The minimum atomic E-state index is -0.0151. The van der Waals surface area contributed by atoms with Gasteiger partial charge in [-0.15, -0.1) is 0 Å². The largest absolute Gasteiger partial charge is 0.502 e. The molecular formula is C7H7NOS. The molecule has 1 rings (SSSR count). The van der Waals surface area contributed by atoms with Gasteiger partial charge in [0.25, 0.3) is 0 Å². The maximum atomic E-state index is 8.70. The standard InChI is InChI=1S/C7H7NOS/c9-7(10)5-6-3-1-2-4-8-6/h1-4H,5H2,(H,9,10). The summed E-state index contributed by atoms with van der Waals surface area (Å²) >= 11 is 4.49. The van der Waals surface area contributed by atoms with E-state index in [0.717, 1.165) is 5.69 Å². The fraction of sp³-hybridized carbons (Fsp3) is 0.143. The molecule has 0 saturated heterocycles. The second kappa shape index (κ2) is 3.27. The molecule has 0 bridgehead atoms. The van der Waals surface area contributed by atoms with Crippen LogP contribution < -0.4 is 0 Å². The average molecular weight is 153 g/mol. The molecule has 52 valence electrons. The zero-order chi connectivity index (χ0) is 7.40. The summed E-state index contributed by atoms with van der Waals surface area (Å²) in [6.45, 7) is 0. The minimum absolute atomic E-state index is 0.0151. The van der Waals surface area contributed by atoms with Crippen LogP contribution in [0.3, 0.4) is 0 Å². The molecule has 0 fully saturated rings. The summed E-state index contributed by atoms with van der Waals surface area (Å²) in [5, 5.41) is 8.68. The van der Waals surface area contributed by atoms with Gasteiger partial charge in [-0.1, -0.05) is 6.07 Å². The van der Waals surface area contributed by atoms with Gasteiger partial charge in [0.15, 0.2) is 5.05 Å². The zero-order valence-electron chi connectivity index (χ0n) is 5.32. The fourth-order valence-corrected chi connectivity index (χ4v) is 0.806. The Balaban J connectivity index is 2.67. The molecule has 0 unspecified atom stereocenters. The highest BCUT2D eigenvalue weighted by atomic mass is 32.1. The maximum absolute atomic E-state index is 8.70. The van der Waals surface area contributed by atoms with Crippen molar-refractivity contribution in [2.75, 3.05) is 0 Å². The summed E-state index contributed by atoms with van der Waals surface area (Å²) in [6.07, 6.45) is 2.05. The molecule has 0 aliphatic rings. The first-order chi connectivity index (χ1) is 4.79. The molecule has 1 heterocycles. The lowest BCUT2D eigenvalue weighted by molar-refractivity contribution is 0.554. The number of nitrogens with zero attached hydrogens (tertiary/aromatic N) is 1. The van der Waals surface area contributed by atoms with Crippen LogP contribution in [0.2, 0.25) is 0 Å². The van der Waals surface area contributed by atoms with E-state index >= 15 is 0 Å². The van der Waals surface area contributed by atoms with Crippen LogP contribution in [-0.2, 0) is 6.42 Å². The molecular weight excluding hydrogens is 146 g/mol. The van der Waals surface area contributed by atoms with Crippen LogP contribution in [0, 0.1) is 0 Å².